The molecule has 1 heterocycles. The molecule has 0 bridgehead atoms. The number of pyridine rings is 1. The minimum absolute atomic E-state index is 0.0541. The van der Waals surface area contributed by atoms with Crippen LogP contribution in [0.3, 0.4) is 0 Å². The van der Waals surface area contributed by atoms with Gasteiger partial charge >= 0.3 is 0 Å². The molecule has 3 aromatic rings. The highest BCUT2D eigenvalue weighted by Crippen LogP contribution is 2.17. The van der Waals surface area contributed by atoms with Crippen LogP contribution in [0.2, 0.25) is 0 Å². The first-order chi connectivity index (χ1) is 10.2. The Morgan fingerprint density at radius 1 is 1.14 bits per heavy atom. The minimum Gasteiger partial charge on any atom is -0.311 e. The average molecular weight is 339 g/mol. The Kier molecular flexibility index (Phi) is 3.59. The molecule has 0 aliphatic heterocycles. The molecule has 0 spiro atoms. The average Bonchev–Trinajstić information content (AvgIpc) is 2.51. The molecule has 0 saturated heterocycles. The van der Waals surface area contributed by atoms with E-state index in [9.17, 15) is 4.79 Å². The zero-order valence-corrected chi connectivity index (χ0v) is 12.7. The first-order valence-electron chi connectivity index (χ1n) is 6.46. The molecule has 4 heteroatoms. The van der Waals surface area contributed by atoms with Gasteiger partial charge in [-0.3, -0.25) is 4.79 Å². The summed E-state index contributed by atoms with van der Waals surface area (Å²) in [5.41, 5.74) is 1.39. The van der Waals surface area contributed by atoms with Crippen LogP contribution in [0.4, 0.5) is 0 Å². The summed E-state index contributed by atoms with van der Waals surface area (Å²) in [6.07, 6.45) is 1.77. The maximum Gasteiger partial charge on any atom is 0.258 e. The number of aromatic nitrogens is 1. The first-order valence-corrected chi connectivity index (χ1v) is 7.25. The van der Waals surface area contributed by atoms with Crippen molar-refractivity contribution in [1.82, 2.24) is 4.57 Å². The van der Waals surface area contributed by atoms with Crippen molar-refractivity contribution in [2.75, 3.05) is 0 Å². The lowest BCUT2D eigenvalue weighted by atomic mass is 10.1. The fourth-order valence-electron chi connectivity index (χ4n) is 2.33. The van der Waals surface area contributed by atoms with Gasteiger partial charge in [-0.15, -0.1) is 0 Å². The second-order valence-corrected chi connectivity index (χ2v) is 5.66. The summed E-state index contributed by atoms with van der Waals surface area (Å²) in [4.78, 5) is 12.5. The van der Waals surface area contributed by atoms with E-state index in [0.717, 1.165) is 15.4 Å². The van der Waals surface area contributed by atoms with Crippen molar-refractivity contribution in [2.45, 2.75) is 6.54 Å². The standard InChI is InChI=1S/C17H11BrN2O/c18-15-6-5-12-7-8-20(17(21)16(12)9-15)11-14-4-2-1-3-13(14)10-19/h1-9H,11H2. The quantitative estimate of drug-likeness (QED) is 0.715. The van der Waals surface area contributed by atoms with Crippen LogP contribution >= 0.6 is 15.9 Å². The van der Waals surface area contributed by atoms with Gasteiger partial charge in [0.1, 0.15) is 0 Å². The number of fused-ring (bicyclic) bond motifs is 1. The van der Waals surface area contributed by atoms with Gasteiger partial charge in [-0.25, -0.2) is 0 Å². The molecule has 0 aliphatic carbocycles. The highest BCUT2D eigenvalue weighted by Gasteiger charge is 2.06. The van der Waals surface area contributed by atoms with Crippen LogP contribution in [-0.4, -0.2) is 4.57 Å². The Labute approximate surface area is 130 Å². The molecule has 0 atom stereocenters. The molecule has 0 saturated carbocycles. The molecule has 21 heavy (non-hydrogen) atoms. The van der Waals surface area contributed by atoms with Crippen molar-refractivity contribution in [3.05, 3.63) is 80.7 Å². The van der Waals surface area contributed by atoms with Gasteiger partial charge in [0.15, 0.2) is 0 Å². The van der Waals surface area contributed by atoms with Crippen LogP contribution in [0.1, 0.15) is 11.1 Å². The van der Waals surface area contributed by atoms with Gasteiger partial charge in [-0.2, -0.15) is 5.26 Å². The summed E-state index contributed by atoms with van der Waals surface area (Å²) in [6.45, 7) is 0.394. The van der Waals surface area contributed by atoms with E-state index < -0.39 is 0 Å². The van der Waals surface area contributed by atoms with Crippen LogP contribution < -0.4 is 5.56 Å². The second kappa shape index (κ2) is 5.55. The van der Waals surface area contributed by atoms with Gasteiger partial charge in [-0.1, -0.05) is 40.2 Å². The fourth-order valence-corrected chi connectivity index (χ4v) is 2.69. The molecule has 1 aromatic heterocycles. The van der Waals surface area contributed by atoms with Crippen molar-refractivity contribution in [1.29, 1.82) is 5.26 Å². The SMILES string of the molecule is N#Cc1ccccc1Cn1ccc2ccc(Br)cc2c1=O. The largest absolute Gasteiger partial charge is 0.311 e. The monoisotopic (exact) mass is 338 g/mol. The number of hydrogen-bond acceptors (Lipinski definition) is 2. The van der Waals surface area contributed by atoms with Crippen molar-refractivity contribution in [3.8, 4) is 6.07 Å². The van der Waals surface area contributed by atoms with Crippen LogP contribution in [0.25, 0.3) is 10.8 Å². The molecular weight excluding hydrogens is 328 g/mol. The van der Waals surface area contributed by atoms with Crippen LogP contribution in [-0.2, 0) is 6.54 Å². The van der Waals surface area contributed by atoms with E-state index in [2.05, 4.69) is 22.0 Å². The number of hydrogen-bond donors (Lipinski definition) is 0. The van der Waals surface area contributed by atoms with Crippen molar-refractivity contribution in [2.24, 2.45) is 0 Å². The number of halogens is 1. The van der Waals surface area contributed by atoms with Crippen molar-refractivity contribution >= 4 is 26.7 Å². The molecule has 0 radical (unpaired) electrons. The Bertz CT molecular complexity index is 922. The highest BCUT2D eigenvalue weighted by atomic mass is 79.9. The topological polar surface area (TPSA) is 45.8 Å². The molecule has 0 unspecified atom stereocenters. The van der Waals surface area contributed by atoms with E-state index in [-0.39, 0.29) is 5.56 Å². The first kappa shape index (κ1) is 13.6. The molecule has 0 amide bonds. The third kappa shape index (κ3) is 2.61. The number of nitriles is 1. The highest BCUT2D eigenvalue weighted by molar-refractivity contribution is 9.10. The molecule has 0 aliphatic rings. The molecule has 3 rings (SSSR count). The fraction of sp³-hybridized carbons (Fsp3) is 0.0588. The van der Waals surface area contributed by atoms with Crippen molar-refractivity contribution in [3.63, 3.8) is 0 Å². The van der Waals surface area contributed by atoms with Gasteiger partial charge in [-0.05, 0) is 35.2 Å². The molecule has 102 valence electrons. The zero-order chi connectivity index (χ0) is 14.8. The third-order valence-electron chi connectivity index (χ3n) is 3.42. The Morgan fingerprint density at radius 2 is 1.95 bits per heavy atom. The van der Waals surface area contributed by atoms with Gasteiger partial charge < -0.3 is 4.57 Å². The molecule has 0 N–H and O–H groups in total. The normalized spacial score (nSPS) is 10.5. The van der Waals surface area contributed by atoms with Gasteiger partial charge in [0.05, 0.1) is 18.2 Å². The summed E-state index contributed by atoms with van der Waals surface area (Å²) < 4.78 is 2.51. The summed E-state index contributed by atoms with van der Waals surface area (Å²) in [5, 5.41) is 10.7. The molecule has 2 aromatic carbocycles. The Hall–Kier alpha value is -2.38. The summed E-state index contributed by atoms with van der Waals surface area (Å²) in [5.74, 6) is 0. The molecule has 0 fully saturated rings. The van der Waals surface area contributed by atoms with Gasteiger partial charge in [0.25, 0.3) is 5.56 Å². The minimum atomic E-state index is -0.0541. The molecular formula is C17H11BrN2O. The van der Waals surface area contributed by atoms with Crippen LogP contribution in [0.15, 0.2) is 64.0 Å². The summed E-state index contributed by atoms with van der Waals surface area (Å²) >= 11 is 3.39. The van der Waals surface area contributed by atoms with E-state index in [1.54, 1.807) is 16.8 Å². The smallest absolute Gasteiger partial charge is 0.258 e. The molecule has 3 nitrogen and oxygen atoms in total. The van der Waals surface area contributed by atoms with E-state index in [0.29, 0.717) is 17.5 Å². The maximum atomic E-state index is 12.5. The second-order valence-electron chi connectivity index (χ2n) is 4.75. The Balaban J connectivity index is 2.12. The van der Waals surface area contributed by atoms with Crippen LogP contribution in [0, 0.1) is 11.3 Å². The lowest BCUT2D eigenvalue weighted by molar-refractivity contribution is 0.766. The van der Waals surface area contributed by atoms with E-state index in [1.807, 2.05) is 42.5 Å². The van der Waals surface area contributed by atoms with E-state index in [1.165, 1.54) is 0 Å². The summed E-state index contributed by atoms with van der Waals surface area (Å²) in [7, 11) is 0. The van der Waals surface area contributed by atoms with Crippen molar-refractivity contribution < 1.29 is 0 Å². The zero-order valence-electron chi connectivity index (χ0n) is 11.1. The summed E-state index contributed by atoms with van der Waals surface area (Å²) in [6, 6.07) is 17.1. The van der Waals surface area contributed by atoms with Gasteiger partial charge in [0, 0.05) is 16.1 Å². The predicted octanol–water partition coefficient (Wildman–Crippen LogP) is 3.68. The van der Waals surface area contributed by atoms with E-state index in [4.69, 9.17) is 5.26 Å². The van der Waals surface area contributed by atoms with E-state index >= 15 is 0 Å². The number of nitrogens with zero attached hydrogens (tertiary/aromatic N) is 2. The third-order valence-corrected chi connectivity index (χ3v) is 3.91. The lowest BCUT2D eigenvalue weighted by Crippen LogP contribution is -2.20. The number of benzene rings is 2. The maximum absolute atomic E-state index is 12.5. The lowest BCUT2D eigenvalue weighted by Gasteiger charge is -2.09. The van der Waals surface area contributed by atoms with Crippen LogP contribution in [0.5, 0.6) is 0 Å². The van der Waals surface area contributed by atoms with Gasteiger partial charge in [0.2, 0.25) is 0 Å². The number of rotatable bonds is 2. The predicted molar refractivity (Wildman–Crippen MR) is 86.2 cm³/mol. The Morgan fingerprint density at radius 3 is 2.76 bits per heavy atom.